The monoisotopic (exact) mass is 316 g/mol. The van der Waals surface area contributed by atoms with Crippen LogP contribution in [0.15, 0.2) is 65.3 Å². The second-order valence-corrected chi connectivity index (χ2v) is 6.35. The zero-order valence-corrected chi connectivity index (χ0v) is 14.0. The molecule has 1 heterocycles. The number of aliphatic imine (C=N–C) groups is 1. The highest BCUT2D eigenvalue weighted by Crippen LogP contribution is 2.44. The summed E-state index contributed by atoms with van der Waals surface area (Å²) in [5, 5.41) is 8.09. The van der Waals surface area contributed by atoms with Crippen LogP contribution in [0.4, 0.5) is 22.7 Å². The van der Waals surface area contributed by atoms with Crippen LogP contribution in [-0.4, -0.2) is 25.5 Å². The first-order chi connectivity index (χ1) is 11.6. The van der Waals surface area contributed by atoms with Gasteiger partial charge in [-0.15, -0.1) is 0 Å². The summed E-state index contributed by atoms with van der Waals surface area (Å²) in [6.07, 6.45) is 3.54. The molecule has 0 amide bonds. The lowest BCUT2D eigenvalue weighted by Crippen LogP contribution is -2.29. The summed E-state index contributed by atoms with van der Waals surface area (Å²) in [6, 6.07) is 16.7. The van der Waals surface area contributed by atoms with Crippen LogP contribution in [0.2, 0.25) is 0 Å². The van der Waals surface area contributed by atoms with Gasteiger partial charge in [0.15, 0.2) is 0 Å². The molecular weight excluding hydrogens is 296 g/mol. The van der Waals surface area contributed by atoms with Gasteiger partial charge >= 0.3 is 0 Å². The minimum absolute atomic E-state index is 0.664. The predicted molar refractivity (Wildman–Crippen MR) is 101 cm³/mol. The molecule has 1 aliphatic heterocycles. The molecule has 0 fully saturated rings. The van der Waals surface area contributed by atoms with Crippen LogP contribution in [0.5, 0.6) is 0 Å². The Labute approximate surface area is 142 Å². The maximum absolute atomic E-state index is 8.09. The molecule has 1 aliphatic carbocycles. The summed E-state index contributed by atoms with van der Waals surface area (Å²) < 4.78 is 0. The normalized spacial score (nSPS) is 16.1. The highest BCUT2D eigenvalue weighted by molar-refractivity contribution is 6.17. The van der Waals surface area contributed by atoms with Crippen LogP contribution < -0.4 is 9.80 Å². The third kappa shape index (κ3) is 2.40. The SMILES string of the molecule is CN(C)c1ccc2c(c1)N(c1ccccc1)C1=CC(=N)CCC1=N2. The molecule has 4 nitrogen and oxygen atoms in total. The zero-order valence-electron chi connectivity index (χ0n) is 14.0. The second-order valence-electron chi connectivity index (χ2n) is 6.35. The average molecular weight is 316 g/mol. The highest BCUT2D eigenvalue weighted by Gasteiger charge is 2.29. The van der Waals surface area contributed by atoms with Gasteiger partial charge in [-0.2, -0.15) is 0 Å². The van der Waals surface area contributed by atoms with Crippen molar-refractivity contribution in [2.45, 2.75) is 12.8 Å². The van der Waals surface area contributed by atoms with Crippen LogP contribution >= 0.6 is 0 Å². The molecule has 1 N–H and O–H groups in total. The number of anilines is 3. The van der Waals surface area contributed by atoms with Crippen molar-refractivity contribution >= 4 is 34.2 Å². The fourth-order valence-corrected chi connectivity index (χ4v) is 3.20. The number of nitrogens with one attached hydrogen (secondary N) is 1. The molecule has 0 radical (unpaired) electrons. The first-order valence-corrected chi connectivity index (χ1v) is 8.17. The molecule has 0 saturated carbocycles. The van der Waals surface area contributed by atoms with Gasteiger partial charge in [-0.05, 0) is 49.2 Å². The summed E-state index contributed by atoms with van der Waals surface area (Å²) in [4.78, 5) is 9.20. The summed E-state index contributed by atoms with van der Waals surface area (Å²) in [7, 11) is 4.09. The van der Waals surface area contributed by atoms with Crippen molar-refractivity contribution in [1.82, 2.24) is 0 Å². The minimum atomic E-state index is 0.664. The average Bonchev–Trinajstić information content (AvgIpc) is 2.60. The van der Waals surface area contributed by atoms with E-state index in [2.05, 4.69) is 40.1 Å². The Kier molecular flexibility index (Phi) is 3.45. The third-order valence-corrected chi connectivity index (χ3v) is 4.46. The van der Waals surface area contributed by atoms with Crippen molar-refractivity contribution in [1.29, 1.82) is 5.41 Å². The number of benzene rings is 2. The first-order valence-electron chi connectivity index (χ1n) is 8.17. The lowest BCUT2D eigenvalue weighted by atomic mass is 9.96. The number of rotatable bonds is 2. The molecule has 0 bridgehead atoms. The fraction of sp³-hybridized carbons (Fsp3) is 0.200. The van der Waals surface area contributed by atoms with Crippen LogP contribution in [0.3, 0.4) is 0 Å². The number of allylic oxidation sites excluding steroid dienone is 2. The van der Waals surface area contributed by atoms with Crippen molar-refractivity contribution < 1.29 is 0 Å². The molecular formula is C20H20N4. The van der Waals surface area contributed by atoms with E-state index in [4.69, 9.17) is 10.4 Å². The number of hydrogen-bond donors (Lipinski definition) is 1. The molecule has 0 aromatic heterocycles. The molecule has 120 valence electrons. The second kappa shape index (κ2) is 5.64. The number of para-hydroxylation sites is 1. The van der Waals surface area contributed by atoms with Gasteiger partial charge in [-0.25, -0.2) is 4.99 Å². The Hall–Kier alpha value is -2.88. The van der Waals surface area contributed by atoms with E-state index in [1.807, 2.05) is 38.4 Å². The largest absolute Gasteiger partial charge is 0.378 e. The smallest absolute Gasteiger partial charge is 0.0875 e. The lowest BCUT2D eigenvalue weighted by Gasteiger charge is -2.35. The fourth-order valence-electron chi connectivity index (χ4n) is 3.20. The molecule has 2 aromatic rings. The topological polar surface area (TPSA) is 42.7 Å². The number of nitrogens with zero attached hydrogens (tertiary/aromatic N) is 3. The Balaban J connectivity index is 1.96. The van der Waals surface area contributed by atoms with Gasteiger partial charge in [0, 0.05) is 31.2 Å². The molecule has 0 saturated heterocycles. The number of fused-ring (bicyclic) bond motifs is 2. The van der Waals surface area contributed by atoms with E-state index < -0.39 is 0 Å². The van der Waals surface area contributed by atoms with Crippen LogP contribution in [0.25, 0.3) is 0 Å². The first kappa shape index (κ1) is 14.7. The van der Waals surface area contributed by atoms with Crippen LogP contribution in [0.1, 0.15) is 12.8 Å². The molecule has 0 spiro atoms. The van der Waals surface area contributed by atoms with Gasteiger partial charge in [-0.1, -0.05) is 18.2 Å². The van der Waals surface area contributed by atoms with Gasteiger partial charge in [0.25, 0.3) is 0 Å². The van der Waals surface area contributed by atoms with E-state index in [9.17, 15) is 0 Å². The standard InChI is InChI=1S/C20H20N4/c1-23(2)16-9-11-18-20(13-16)24(15-6-4-3-5-7-15)19-12-14(21)8-10-17(19)22-18/h3-7,9,11-13,21H,8,10H2,1-2H3. The summed E-state index contributed by atoms with van der Waals surface area (Å²) in [5.74, 6) is 0. The molecule has 4 heteroatoms. The van der Waals surface area contributed by atoms with Crippen molar-refractivity contribution in [3.8, 4) is 0 Å². The predicted octanol–water partition coefficient (Wildman–Crippen LogP) is 4.67. The third-order valence-electron chi connectivity index (χ3n) is 4.46. The maximum atomic E-state index is 8.09. The Bertz CT molecular complexity index is 862. The lowest BCUT2D eigenvalue weighted by molar-refractivity contribution is 1.05. The quantitative estimate of drug-likeness (QED) is 0.874. The molecule has 24 heavy (non-hydrogen) atoms. The Morgan fingerprint density at radius 1 is 1.04 bits per heavy atom. The van der Waals surface area contributed by atoms with Crippen molar-refractivity contribution in [3.05, 3.63) is 60.3 Å². The van der Waals surface area contributed by atoms with E-state index in [-0.39, 0.29) is 0 Å². The summed E-state index contributed by atoms with van der Waals surface area (Å²) >= 11 is 0. The van der Waals surface area contributed by atoms with E-state index in [0.717, 1.165) is 47.0 Å². The van der Waals surface area contributed by atoms with E-state index in [1.165, 1.54) is 0 Å². The van der Waals surface area contributed by atoms with Crippen LogP contribution in [0, 0.1) is 5.41 Å². The zero-order chi connectivity index (χ0) is 16.7. The summed E-state index contributed by atoms with van der Waals surface area (Å²) in [5.41, 5.74) is 7.06. The van der Waals surface area contributed by atoms with E-state index >= 15 is 0 Å². The summed E-state index contributed by atoms with van der Waals surface area (Å²) in [6.45, 7) is 0. The van der Waals surface area contributed by atoms with Gasteiger partial charge in [-0.3, -0.25) is 0 Å². The van der Waals surface area contributed by atoms with Gasteiger partial charge in [0.05, 0.1) is 22.8 Å². The van der Waals surface area contributed by atoms with E-state index in [1.54, 1.807) is 0 Å². The molecule has 2 aromatic carbocycles. The highest BCUT2D eigenvalue weighted by atomic mass is 15.2. The molecule has 0 unspecified atom stereocenters. The van der Waals surface area contributed by atoms with Crippen molar-refractivity contribution in [3.63, 3.8) is 0 Å². The van der Waals surface area contributed by atoms with Gasteiger partial charge in [0.1, 0.15) is 0 Å². The Morgan fingerprint density at radius 3 is 2.58 bits per heavy atom. The van der Waals surface area contributed by atoms with Crippen molar-refractivity contribution in [2.75, 3.05) is 23.9 Å². The maximum Gasteiger partial charge on any atom is 0.0875 e. The molecule has 0 atom stereocenters. The molecule has 2 aliphatic rings. The van der Waals surface area contributed by atoms with Crippen LogP contribution in [-0.2, 0) is 0 Å². The minimum Gasteiger partial charge on any atom is -0.378 e. The van der Waals surface area contributed by atoms with E-state index in [0.29, 0.717) is 5.71 Å². The van der Waals surface area contributed by atoms with Gasteiger partial charge < -0.3 is 15.2 Å². The van der Waals surface area contributed by atoms with Crippen molar-refractivity contribution in [2.24, 2.45) is 4.99 Å². The Morgan fingerprint density at radius 2 is 1.83 bits per heavy atom. The number of hydrogen-bond acceptors (Lipinski definition) is 4. The van der Waals surface area contributed by atoms with Gasteiger partial charge in [0.2, 0.25) is 0 Å². The molecule has 4 rings (SSSR count).